The average Bonchev–Trinajstić information content (AvgIpc) is 2.23. The predicted molar refractivity (Wildman–Crippen MR) is 54.4 cm³/mol. The van der Waals surface area contributed by atoms with Crippen LogP contribution in [-0.2, 0) is 4.79 Å². The zero-order chi connectivity index (χ0) is 12.1. The lowest BCUT2D eigenvalue weighted by atomic mass is 10.1. The largest absolute Gasteiger partial charge is 0.500 e. The normalized spacial score (nSPS) is 10.6. The van der Waals surface area contributed by atoms with Gasteiger partial charge in [0.1, 0.15) is 6.29 Å². The number of aldehydes is 1. The minimum absolute atomic E-state index is 0.135. The van der Waals surface area contributed by atoms with Crippen molar-refractivity contribution in [1.82, 2.24) is 0 Å². The predicted octanol–water partition coefficient (Wildman–Crippen LogP) is 2.04. The lowest BCUT2D eigenvalue weighted by Gasteiger charge is -1.99. The molecule has 1 N–H and O–H groups in total. The second kappa shape index (κ2) is 5.01. The number of phenolic OH excluding ortho intramolecular Hbond substituents is 1. The summed E-state index contributed by atoms with van der Waals surface area (Å²) in [5, 5.41) is 19.5. The van der Waals surface area contributed by atoms with Gasteiger partial charge in [0.25, 0.3) is 0 Å². The standard InChI is InChI=1S/C10H8FNO4/c11-8-5-7(3-1-2-4-13)6-9(10(8)14)12(15)16/h1,3-6,14H,2H2. The Morgan fingerprint density at radius 2 is 2.19 bits per heavy atom. The highest BCUT2D eigenvalue weighted by Crippen LogP contribution is 2.30. The maximum Gasteiger partial charge on any atom is 0.314 e. The monoisotopic (exact) mass is 225 g/mol. The van der Waals surface area contributed by atoms with E-state index in [9.17, 15) is 19.3 Å². The first-order valence-corrected chi connectivity index (χ1v) is 4.33. The van der Waals surface area contributed by atoms with Crippen LogP contribution < -0.4 is 0 Å². The second-order valence-corrected chi connectivity index (χ2v) is 2.93. The Hall–Kier alpha value is -2.24. The SMILES string of the molecule is O=CCC=Cc1cc(F)c(O)c([N+](=O)[O-])c1. The number of carbonyl (C=O) groups is 1. The van der Waals surface area contributed by atoms with Gasteiger partial charge >= 0.3 is 5.69 Å². The fourth-order valence-corrected chi connectivity index (χ4v) is 1.10. The molecule has 1 aromatic carbocycles. The van der Waals surface area contributed by atoms with Crippen molar-refractivity contribution in [2.45, 2.75) is 6.42 Å². The van der Waals surface area contributed by atoms with Crippen LogP contribution in [0.5, 0.6) is 5.75 Å². The number of hydrogen-bond acceptors (Lipinski definition) is 4. The van der Waals surface area contributed by atoms with Crippen LogP contribution in [0.3, 0.4) is 0 Å². The number of nitro benzene ring substituents is 1. The molecule has 0 aliphatic heterocycles. The molecule has 6 heteroatoms. The highest BCUT2D eigenvalue weighted by Gasteiger charge is 2.18. The summed E-state index contributed by atoms with van der Waals surface area (Å²) in [6, 6.07) is 1.98. The molecule has 0 saturated heterocycles. The van der Waals surface area contributed by atoms with Crippen molar-refractivity contribution < 1.29 is 19.2 Å². The third-order valence-corrected chi connectivity index (χ3v) is 1.80. The lowest BCUT2D eigenvalue weighted by Crippen LogP contribution is -1.92. The summed E-state index contributed by atoms with van der Waals surface area (Å²) in [7, 11) is 0. The van der Waals surface area contributed by atoms with Crippen molar-refractivity contribution in [3.05, 3.63) is 39.7 Å². The number of nitro groups is 1. The zero-order valence-corrected chi connectivity index (χ0v) is 8.09. The van der Waals surface area contributed by atoms with Gasteiger partial charge in [-0.25, -0.2) is 4.39 Å². The van der Waals surface area contributed by atoms with Crippen molar-refractivity contribution in [2.75, 3.05) is 0 Å². The van der Waals surface area contributed by atoms with Crippen molar-refractivity contribution in [3.8, 4) is 5.75 Å². The van der Waals surface area contributed by atoms with Gasteiger partial charge in [-0.3, -0.25) is 10.1 Å². The van der Waals surface area contributed by atoms with Gasteiger partial charge in [-0.1, -0.05) is 12.2 Å². The van der Waals surface area contributed by atoms with Gasteiger partial charge in [0.2, 0.25) is 5.75 Å². The molecule has 1 rings (SSSR count). The van der Waals surface area contributed by atoms with Crippen molar-refractivity contribution in [3.63, 3.8) is 0 Å². The Morgan fingerprint density at radius 1 is 1.50 bits per heavy atom. The van der Waals surface area contributed by atoms with Crippen molar-refractivity contribution in [1.29, 1.82) is 0 Å². The van der Waals surface area contributed by atoms with Crippen LogP contribution in [0.4, 0.5) is 10.1 Å². The number of benzene rings is 1. The van der Waals surface area contributed by atoms with E-state index in [1.165, 1.54) is 12.2 Å². The molecule has 0 heterocycles. The number of rotatable bonds is 4. The van der Waals surface area contributed by atoms with E-state index < -0.39 is 22.2 Å². The Labute approximate surface area is 90.0 Å². The Kier molecular flexibility index (Phi) is 3.71. The molecule has 0 bridgehead atoms. The molecule has 5 nitrogen and oxygen atoms in total. The minimum Gasteiger partial charge on any atom is -0.500 e. The molecule has 16 heavy (non-hydrogen) atoms. The molecule has 0 aromatic heterocycles. The van der Waals surface area contributed by atoms with Crippen LogP contribution in [0.2, 0.25) is 0 Å². The Bertz CT molecular complexity index is 456. The number of carbonyl (C=O) groups excluding carboxylic acids is 1. The van der Waals surface area contributed by atoms with E-state index in [1.54, 1.807) is 0 Å². The number of allylic oxidation sites excluding steroid dienone is 1. The first-order valence-electron chi connectivity index (χ1n) is 4.33. The van der Waals surface area contributed by atoms with E-state index in [0.29, 0.717) is 6.29 Å². The molecule has 0 spiro atoms. The van der Waals surface area contributed by atoms with Crippen LogP contribution >= 0.6 is 0 Å². The number of aromatic hydroxyl groups is 1. The molecule has 0 fully saturated rings. The van der Waals surface area contributed by atoms with E-state index >= 15 is 0 Å². The van der Waals surface area contributed by atoms with Gasteiger partial charge in [-0.05, 0) is 11.6 Å². The topological polar surface area (TPSA) is 80.4 Å². The third-order valence-electron chi connectivity index (χ3n) is 1.80. The van der Waals surface area contributed by atoms with Crippen LogP contribution in [0.1, 0.15) is 12.0 Å². The summed E-state index contributed by atoms with van der Waals surface area (Å²) in [4.78, 5) is 19.6. The zero-order valence-electron chi connectivity index (χ0n) is 8.09. The van der Waals surface area contributed by atoms with Gasteiger partial charge in [-0.15, -0.1) is 0 Å². The molecule has 0 aliphatic carbocycles. The van der Waals surface area contributed by atoms with Crippen LogP contribution in [0, 0.1) is 15.9 Å². The Balaban J connectivity index is 3.13. The number of halogens is 1. The molecule has 0 atom stereocenters. The molecule has 0 aliphatic rings. The average molecular weight is 225 g/mol. The van der Waals surface area contributed by atoms with Gasteiger partial charge < -0.3 is 9.90 Å². The molecule has 1 aromatic rings. The summed E-state index contributed by atoms with van der Waals surface area (Å²) in [6.45, 7) is 0. The van der Waals surface area contributed by atoms with Crippen LogP contribution in [-0.4, -0.2) is 16.3 Å². The fourth-order valence-electron chi connectivity index (χ4n) is 1.10. The second-order valence-electron chi connectivity index (χ2n) is 2.93. The third kappa shape index (κ3) is 2.63. The molecule has 0 amide bonds. The van der Waals surface area contributed by atoms with E-state index in [1.807, 2.05) is 0 Å². The Morgan fingerprint density at radius 3 is 2.75 bits per heavy atom. The molecule has 0 unspecified atom stereocenters. The fraction of sp³-hybridized carbons (Fsp3) is 0.100. The summed E-state index contributed by atoms with van der Waals surface area (Å²) >= 11 is 0. The summed E-state index contributed by atoms with van der Waals surface area (Å²) in [5.41, 5.74) is -0.491. The first kappa shape index (κ1) is 11.8. The van der Waals surface area contributed by atoms with Gasteiger partial charge in [0, 0.05) is 12.5 Å². The molecular weight excluding hydrogens is 217 g/mol. The summed E-state index contributed by atoms with van der Waals surface area (Å²) in [6.07, 6.45) is 3.57. The first-order chi connectivity index (χ1) is 7.56. The minimum atomic E-state index is -1.07. The molecule has 0 radical (unpaired) electrons. The van der Waals surface area contributed by atoms with E-state index in [4.69, 9.17) is 5.11 Å². The number of phenols is 1. The molecule has 84 valence electrons. The lowest BCUT2D eigenvalue weighted by molar-refractivity contribution is -0.386. The van der Waals surface area contributed by atoms with E-state index in [-0.39, 0.29) is 12.0 Å². The highest BCUT2D eigenvalue weighted by molar-refractivity contribution is 5.61. The maximum atomic E-state index is 13.1. The van der Waals surface area contributed by atoms with Crippen molar-refractivity contribution in [2.24, 2.45) is 0 Å². The maximum absolute atomic E-state index is 13.1. The smallest absolute Gasteiger partial charge is 0.314 e. The van der Waals surface area contributed by atoms with Crippen LogP contribution in [0.15, 0.2) is 18.2 Å². The number of hydrogen-bond donors (Lipinski definition) is 1. The number of nitrogens with zero attached hydrogens (tertiary/aromatic N) is 1. The van der Waals surface area contributed by atoms with E-state index in [2.05, 4.69) is 0 Å². The summed E-state index contributed by atoms with van der Waals surface area (Å²) < 4.78 is 13.1. The highest BCUT2D eigenvalue weighted by atomic mass is 19.1. The molecule has 0 saturated carbocycles. The van der Waals surface area contributed by atoms with E-state index in [0.717, 1.165) is 12.1 Å². The van der Waals surface area contributed by atoms with Gasteiger partial charge in [0.15, 0.2) is 5.82 Å². The van der Waals surface area contributed by atoms with Crippen LogP contribution in [0.25, 0.3) is 6.08 Å². The van der Waals surface area contributed by atoms with Crippen molar-refractivity contribution >= 4 is 18.0 Å². The van der Waals surface area contributed by atoms with Gasteiger partial charge in [-0.2, -0.15) is 0 Å². The summed E-state index contributed by atoms with van der Waals surface area (Å²) in [5.74, 6) is -2.06. The molecular formula is C10H8FNO4. The van der Waals surface area contributed by atoms with Gasteiger partial charge in [0.05, 0.1) is 4.92 Å². The quantitative estimate of drug-likeness (QED) is 0.483.